The second-order valence-electron chi connectivity index (χ2n) is 5.49. The van der Waals surface area contributed by atoms with Crippen molar-refractivity contribution < 1.29 is 14.1 Å². The predicted molar refractivity (Wildman–Crippen MR) is 95.0 cm³/mol. The van der Waals surface area contributed by atoms with Gasteiger partial charge < -0.3 is 16.3 Å². The van der Waals surface area contributed by atoms with Gasteiger partial charge in [-0.05, 0) is 46.7 Å². The molecule has 2 aromatic carbocycles. The summed E-state index contributed by atoms with van der Waals surface area (Å²) in [5.41, 5.74) is 1.94. The smallest absolute Gasteiger partial charge is 0.245 e. The van der Waals surface area contributed by atoms with Gasteiger partial charge in [-0.25, -0.2) is 19.0 Å². The number of nitrogens with zero attached hydrogens (tertiary/aromatic N) is 5. The lowest BCUT2D eigenvalue weighted by Gasteiger charge is -2.12. The van der Waals surface area contributed by atoms with E-state index in [1.54, 1.807) is 24.3 Å². The van der Waals surface area contributed by atoms with Crippen molar-refractivity contribution in [3.8, 4) is 5.75 Å². The zero-order chi connectivity index (χ0) is 18.8. The van der Waals surface area contributed by atoms with Gasteiger partial charge in [-0.1, -0.05) is 12.1 Å². The van der Waals surface area contributed by atoms with Gasteiger partial charge in [0.25, 0.3) is 0 Å². The number of rotatable bonds is 4. The fraction of sp³-hybridized carbons (Fsp3) is 0. The summed E-state index contributed by atoms with van der Waals surface area (Å²) in [6, 6.07) is 12.1. The van der Waals surface area contributed by atoms with E-state index in [1.807, 2.05) is 0 Å². The fourth-order valence-electron chi connectivity index (χ4n) is 2.49. The third-order valence-electron chi connectivity index (χ3n) is 3.69. The number of halogens is 1. The van der Waals surface area contributed by atoms with Gasteiger partial charge in [0.05, 0.1) is 0 Å². The minimum absolute atomic E-state index is 0.0406. The Hall–Kier alpha value is -4.08. The Labute approximate surface area is 151 Å². The first-order valence-electron chi connectivity index (χ1n) is 7.74. The summed E-state index contributed by atoms with van der Waals surface area (Å²) in [5.74, 6) is 5.52. The average Bonchev–Trinajstić information content (AvgIpc) is 3.12. The summed E-state index contributed by atoms with van der Waals surface area (Å²) in [6.07, 6.45) is 0. The van der Waals surface area contributed by atoms with Gasteiger partial charge in [0, 0.05) is 11.3 Å². The number of benzene rings is 2. The molecule has 4 aromatic rings. The number of hydrazone groups is 1. The number of fused-ring (bicyclic) bond motifs is 1. The van der Waals surface area contributed by atoms with E-state index in [2.05, 4.69) is 35.3 Å². The maximum Gasteiger partial charge on any atom is 0.245 e. The number of aromatic hydroxyl groups is 1. The van der Waals surface area contributed by atoms with Crippen LogP contribution in [0.2, 0.25) is 0 Å². The Morgan fingerprint density at radius 1 is 1.07 bits per heavy atom. The molecule has 0 aliphatic carbocycles. The van der Waals surface area contributed by atoms with E-state index in [4.69, 9.17) is 5.84 Å². The maximum absolute atomic E-state index is 13.2. The number of phenols is 1. The lowest BCUT2D eigenvalue weighted by molar-refractivity contribution is 0.314. The van der Waals surface area contributed by atoms with Crippen LogP contribution in [0.1, 0.15) is 11.3 Å². The zero-order valence-electron chi connectivity index (χ0n) is 13.7. The molecule has 0 unspecified atom stereocenters. The normalized spacial score (nSPS) is 11.7. The Morgan fingerprint density at radius 2 is 1.81 bits per heavy atom. The van der Waals surface area contributed by atoms with Crippen LogP contribution >= 0.6 is 0 Å². The summed E-state index contributed by atoms with van der Waals surface area (Å²) >= 11 is 0. The molecule has 0 bridgehead atoms. The highest BCUT2D eigenvalue weighted by atomic mass is 19.1. The number of nitrogens with one attached hydrogen (secondary N) is 1. The van der Waals surface area contributed by atoms with Gasteiger partial charge in [0.1, 0.15) is 23.0 Å². The number of hydrogen-bond donors (Lipinski definition) is 3. The van der Waals surface area contributed by atoms with E-state index in [-0.39, 0.29) is 40.1 Å². The van der Waals surface area contributed by atoms with Crippen molar-refractivity contribution in [3.63, 3.8) is 0 Å². The largest absolute Gasteiger partial charge is 0.508 e. The molecule has 0 spiro atoms. The van der Waals surface area contributed by atoms with Crippen LogP contribution in [0.5, 0.6) is 5.75 Å². The van der Waals surface area contributed by atoms with Gasteiger partial charge in [-0.15, -0.1) is 0 Å². The van der Waals surface area contributed by atoms with Crippen LogP contribution in [0, 0.1) is 5.82 Å². The zero-order valence-corrected chi connectivity index (χ0v) is 13.7. The molecule has 4 rings (SSSR count). The fourth-order valence-corrected chi connectivity index (χ4v) is 2.49. The Bertz CT molecular complexity index is 1140. The highest BCUT2D eigenvalue weighted by Gasteiger charge is 2.19. The summed E-state index contributed by atoms with van der Waals surface area (Å²) in [5, 5.41) is 23.9. The van der Waals surface area contributed by atoms with Crippen LogP contribution in [0.3, 0.4) is 0 Å². The SMILES string of the molecule is N/N=C(\c1cccc(O)c1)c1nc2nonc2nc1Nc1ccc(F)cc1. The number of nitrogens with two attached hydrogens (primary N) is 1. The molecule has 2 aromatic heterocycles. The molecule has 0 radical (unpaired) electrons. The third kappa shape index (κ3) is 3.23. The maximum atomic E-state index is 13.2. The van der Waals surface area contributed by atoms with Crippen LogP contribution in [0.15, 0.2) is 58.3 Å². The Kier molecular flexibility index (Phi) is 4.05. The molecule has 4 N–H and O–H groups in total. The van der Waals surface area contributed by atoms with E-state index in [9.17, 15) is 9.50 Å². The minimum atomic E-state index is -0.369. The van der Waals surface area contributed by atoms with E-state index in [0.29, 0.717) is 11.3 Å². The monoisotopic (exact) mass is 365 g/mol. The van der Waals surface area contributed by atoms with E-state index < -0.39 is 0 Å². The standard InChI is InChI=1S/C17H12FN7O2/c18-10-4-6-11(7-5-10)20-15-14(21-16-17(22-15)25-27-24-16)13(23-19)9-2-1-3-12(26)8-9/h1-8,26H,19H2,(H,20,22,25)/b23-13+. The predicted octanol–water partition coefficient (Wildman–Crippen LogP) is 2.31. The second-order valence-corrected chi connectivity index (χ2v) is 5.49. The van der Waals surface area contributed by atoms with Crippen LogP contribution in [-0.2, 0) is 0 Å². The molecule has 0 amide bonds. The average molecular weight is 365 g/mol. The van der Waals surface area contributed by atoms with Crippen molar-refractivity contribution in [2.45, 2.75) is 0 Å². The number of hydrogen-bond acceptors (Lipinski definition) is 9. The minimum Gasteiger partial charge on any atom is -0.508 e. The van der Waals surface area contributed by atoms with Gasteiger partial charge in [-0.2, -0.15) is 5.10 Å². The molecule has 0 aliphatic rings. The summed E-state index contributed by atoms with van der Waals surface area (Å²) in [7, 11) is 0. The topological polar surface area (TPSA) is 135 Å². The highest BCUT2D eigenvalue weighted by molar-refractivity contribution is 6.15. The molecule has 0 saturated heterocycles. The molecule has 0 aliphatic heterocycles. The van der Waals surface area contributed by atoms with Crippen LogP contribution in [0.4, 0.5) is 15.9 Å². The van der Waals surface area contributed by atoms with Crippen molar-refractivity contribution in [1.82, 2.24) is 20.3 Å². The quantitative estimate of drug-likeness (QED) is 0.285. The molecule has 27 heavy (non-hydrogen) atoms. The second kappa shape index (κ2) is 6.67. The van der Waals surface area contributed by atoms with Gasteiger partial charge in [0.2, 0.25) is 11.3 Å². The van der Waals surface area contributed by atoms with Crippen molar-refractivity contribution in [3.05, 3.63) is 65.6 Å². The number of phenolic OH excluding ortho intramolecular Hbond substituents is 1. The van der Waals surface area contributed by atoms with E-state index in [0.717, 1.165) is 0 Å². The van der Waals surface area contributed by atoms with Crippen molar-refractivity contribution >= 4 is 28.5 Å². The first-order chi connectivity index (χ1) is 13.1. The van der Waals surface area contributed by atoms with Gasteiger partial charge >= 0.3 is 0 Å². The summed E-state index contributed by atoms with van der Waals surface area (Å²) in [4.78, 5) is 8.70. The van der Waals surface area contributed by atoms with Gasteiger partial charge in [0.15, 0.2) is 5.82 Å². The van der Waals surface area contributed by atoms with Crippen LogP contribution in [0.25, 0.3) is 11.3 Å². The molecule has 10 heteroatoms. The van der Waals surface area contributed by atoms with Gasteiger partial charge in [-0.3, -0.25) is 0 Å². The lowest BCUT2D eigenvalue weighted by Crippen LogP contribution is -2.13. The first kappa shape index (κ1) is 16.4. The molecule has 9 nitrogen and oxygen atoms in total. The van der Waals surface area contributed by atoms with Crippen molar-refractivity contribution in [2.24, 2.45) is 10.9 Å². The lowest BCUT2D eigenvalue weighted by atomic mass is 10.1. The number of anilines is 2. The van der Waals surface area contributed by atoms with E-state index >= 15 is 0 Å². The highest BCUT2D eigenvalue weighted by Crippen LogP contribution is 2.24. The molecular formula is C17H12FN7O2. The van der Waals surface area contributed by atoms with Crippen LogP contribution in [-0.4, -0.2) is 31.1 Å². The number of aromatic nitrogens is 4. The Morgan fingerprint density at radius 3 is 2.52 bits per heavy atom. The van der Waals surface area contributed by atoms with Crippen molar-refractivity contribution in [1.29, 1.82) is 0 Å². The molecule has 2 heterocycles. The summed E-state index contributed by atoms with van der Waals surface area (Å²) in [6.45, 7) is 0. The molecule has 134 valence electrons. The third-order valence-corrected chi connectivity index (χ3v) is 3.69. The molecule has 0 saturated carbocycles. The molecule has 0 fully saturated rings. The Balaban J connectivity index is 1.85. The first-order valence-corrected chi connectivity index (χ1v) is 7.74. The molecular weight excluding hydrogens is 353 g/mol. The van der Waals surface area contributed by atoms with Crippen LogP contribution < -0.4 is 11.2 Å². The van der Waals surface area contributed by atoms with Crippen molar-refractivity contribution in [2.75, 3.05) is 5.32 Å². The summed E-state index contributed by atoms with van der Waals surface area (Å²) < 4.78 is 17.8. The molecule has 0 atom stereocenters. The van der Waals surface area contributed by atoms with E-state index in [1.165, 1.54) is 24.3 Å².